The normalized spacial score (nSPS) is 12.1. The first-order chi connectivity index (χ1) is 9.69. The lowest BCUT2D eigenvalue weighted by atomic mass is 9.92. The molecule has 20 heavy (non-hydrogen) atoms. The monoisotopic (exact) mass is 269 g/mol. The highest BCUT2D eigenvalue weighted by Gasteiger charge is 2.13. The molecule has 0 spiro atoms. The van der Waals surface area contributed by atoms with Gasteiger partial charge in [0.1, 0.15) is 0 Å². The Balaban J connectivity index is 2.07. The molecule has 1 N–H and O–H groups in total. The minimum absolute atomic E-state index is 0.0972. The third-order valence-corrected chi connectivity index (χ3v) is 3.50. The Hall–Kier alpha value is -2.16. The van der Waals surface area contributed by atoms with Crippen LogP contribution in [0.2, 0.25) is 0 Å². The molecule has 1 aromatic carbocycles. The van der Waals surface area contributed by atoms with Crippen LogP contribution in [0, 0.1) is 0 Å². The van der Waals surface area contributed by atoms with Crippen LogP contribution in [0.3, 0.4) is 0 Å². The van der Waals surface area contributed by atoms with E-state index in [4.69, 9.17) is 5.11 Å². The summed E-state index contributed by atoms with van der Waals surface area (Å²) in [4.78, 5) is 15.0. The number of rotatable bonds is 6. The fraction of sp³-hybridized carbons (Fsp3) is 0.294. The first kappa shape index (κ1) is 14.3. The summed E-state index contributed by atoms with van der Waals surface area (Å²) in [6, 6.07) is 12.2. The number of hydrogen-bond donors (Lipinski definition) is 1. The topological polar surface area (TPSA) is 50.2 Å². The molecule has 2 aromatic rings. The van der Waals surface area contributed by atoms with Crippen molar-refractivity contribution in [2.24, 2.45) is 0 Å². The van der Waals surface area contributed by atoms with Crippen LogP contribution in [0.15, 0.2) is 48.8 Å². The fourth-order valence-corrected chi connectivity index (χ4v) is 2.35. The third kappa shape index (κ3) is 3.92. The van der Waals surface area contributed by atoms with Gasteiger partial charge in [-0.25, -0.2) is 0 Å². The summed E-state index contributed by atoms with van der Waals surface area (Å²) in [7, 11) is 0. The van der Waals surface area contributed by atoms with E-state index in [1.54, 1.807) is 6.20 Å². The molecule has 3 nitrogen and oxygen atoms in total. The molecule has 0 saturated carbocycles. The molecule has 0 saturated heterocycles. The van der Waals surface area contributed by atoms with E-state index < -0.39 is 5.97 Å². The summed E-state index contributed by atoms with van der Waals surface area (Å²) in [5.74, 6) is -0.642. The molecule has 0 aliphatic rings. The van der Waals surface area contributed by atoms with Gasteiger partial charge < -0.3 is 5.11 Å². The highest BCUT2D eigenvalue weighted by atomic mass is 16.4. The number of carboxylic acids is 1. The van der Waals surface area contributed by atoms with Gasteiger partial charge in [0.05, 0.1) is 6.42 Å². The molecule has 0 aliphatic carbocycles. The van der Waals surface area contributed by atoms with Crippen molar-refractivity contribution in [3.63, 3.8) is 0 Å². The quantitative estimate of drug-likeness (QED) is 0.871. The smallest absolute Gasteiger partial charge is 0.303 e. The molecule has 3 heteroatoms. The largest absolute Gasteiger partial charge is 0.481 e. The van der Waals surface area contributed by atoms with E-state index in [0.29, 0.717) is 0 Å². The molecule has 1 aromatic heterocycles. The molecule has 104 valence electrons. The van der Waals surface area contributed by atoms with E-state index in [9.17, 15) is 4.79 Å². The van der Waals surface area contributed by atoms with E-state index in [1.807, 2.05) is 31.3 Å². The lowest BCUT2D eigenvalue weighted by Gasteiger charge is -2.13. The van der Waals surface area contributed by atoms with Gasteiger partial charge in [-0.1, -0.05) is 37.3 Å². The molecule has 0 bridgehead atoms. The van der Waals surface area contributed by atoms with Crippen LogP contribution in [0.25, 0.3) is 0 Å². The van der Waals surface area contributed by atoms with Gasteiger partial charge in [0.25, 0.3) is 0 Å². The lowest BCUT2D eigenvalue weighted by Crippen LogP contribution is -2.05. The summed E-state index contributed by atoms with van der Waals surface area (Å²) in [6.07, 6.45) is 5.52. The second-order valence-electron chi connectivity index (χ2n) is 4.98. The summed E-state index contributed by atoms with van der Waals surface area (Å²) >= 11 is 0. The van der Waals surface area contributed by atoms with Crippen molar-refractivity contribution in [2.45, 2.75) is 32.1 Å². The molecular formula is C17H19NO2. The number of pyridine rings is 1. The van der Waals surface area contributed by atoms with Crippen molar-refractivity contribution in [1.29, 1.82) is 0 Å². The minimum atomic E-state index is -0.740. The first-order valence-corrected chi connectivity index (χ1v) is 6.88. The molecule has 0 aliphatic heterocycles. The predicted molar refractivity (Wildman–Crippen MR) is 78.8 cm³/mol. The number of carbonyl (C=O) groups is 1. The Morgan fingerprint density at radius 3 is 2.50 bits per heavy atom. The van der Waals surface area contributed by atoms with Crippen LogP contribution in [0.4, 0.5) is 0 Å². The van der Waals surface area contributed by atoms with E-state index in [1.165, 1.54) is 11.1 Å². The molecular weight excluding hydrogens is 250 g/mol. The van der Waals surface area contributed by atoms with E-state index in [2.05, 4.69) is 23.2 Å². The van der Waals surface area contributed by atoms with Crippen LogP contribution >= 0.6 is 0 Å². The minimum Gasteiger partial charge on any atom is -0.481 e. The van der Waals surface area contributed by atoms with E-state index >= 15 is 0 Å². The molecule has 2 rings (SSSR count). The van der Waals surface area contributed by atoms with Crippen molar-refractivity contribution < 1.29 is 9.90 Å². The molecule has 0 amide bonds. The molecule has 1 heterocycles. The van der Waals surface area contributed by atoms with Gasteiger partial charge in [-0.2, -0.15) is 0 Å². The molecule has 1 unspecified atom stereocenters. The Morgan fingerprint density at radius 2 is 1.95 bits per heavy atom. The number of aromatic nitrogens is 1. The molecule has 1 atom stereocenters. The number of benzene rings is 1. The fourth-order valence-electron chi connectivity index (χ4n) is 2.35. The number of carboxylic acid groups (broad SMARTS) is 1. The Kier molecular flexibility index (Phi) is 4.88. The van der Waals surface area contributed by atoms with E-state index in [0.717, 1.165) is 18.4 Å². The second kappa shape index (κ2) is 6.85. The Morgan fingerprint density at radius 1 is 1.20 bits per heavy atom. The van der Waals surface area contributed by atoms with Crippen molar-refractivity contribution >= 4 is 5.97 Å². The Labute approximate surface area is 119 Å². The first-order valence-electron chi connectivity index (χ1n) is 6.88. The lowest BCUT2D eigenvalue weighted by molar-refractivity contribution is -0.137. The van der Waals surface area contributed by atoms with Gasteiger partial charge in [0.15, 0.2) is 0 Å². The summed E-state index contributed by atoms with van der Waals surface area (Å²) < 4.78 is 0. The van der Waals surface area contributed by atoms with Crippen LogP contribution in [-0.2, 0) is 11.2 Å². The van der Waals surface area contributed by atoms with Crippen molar-refractivity contribution in [3.8, 4) is 0 Å². The maximum atomic E-state index is 10.8. The van der Waals surface area contributed by atoms with Crippen LogP contribution in [0.1, 0.15) is 42.4 Å². The maximum Gasteiger partial charge on any atom is 0.303 e. The number of hydrogen-bond acceptors (Lipinski definition) is 2. The predicted octanol–water partition coefficient (Wildman–Crippen LogP) is 3.64. The van der Waals surface area contributed by atoms with Crippen molar-refractivity contribution in [3.05, 3.63) is 65.5 Å². The van der Waals surface area contributed by atoms with E-state index in [-0.39, 0.29) is 12.3 Å². The highest BCUT2D eigenvalue weighted by molar-refractivity contribution is 5.68. The molecule has 0 fully saturated rings. The van der Waals surface area contributed by atoms with Gasteiger partial charge in [-0.05, 0) is 41.5 Å². The second-order valence-corrected chi connectivity index (χ2v) is 4.98. The van der Waals surface area contributed by atoms with Crippen LogP contribution < -0.4 is 0 Å². The third-order valence-electron chi connectivity index (χ3n) is 3.50. The van der Waals surface area contributed by atoms with Crippen LogP contribution in [-0.4, -0.2) is 16.1 Å². The van der Waals surface area contributed by atoms with Gasteiger partial charge in [-0.15, -0.1) is 0 Å². The Bertz CT molecular complexity index is 549. The van der Waals surface area contributed by atoms with Gasteiger partial charge in [0, 0.05) is 12.4 Å². The summed E-state index contributed by atoms with van der Waals surface area (Å²) in [5.41, 5.74) is 3.49. The zero-order valence-corrected chi connectivity index (χ0v) is 11.6. The standard InChI is InChI=1S/C17H19NO2/c1-2-15(11-17(19)20)16-7-5-13(6-8-16)10-14-4-3-9-18-12-14/h3-9,12,15H,2,10-11H2,1H3,(H,19,20). The SMILES string of the molecule is CCC(CC(=O)O)c1ccc(Cc2cccnc2)cc1. The average molecular weight is 269 g/mol. The van der Waals surface area contributed by atoms with Crippen LogP contribution in [0.5, 0.6) is 0 Å². The van der Waals surface area contributed by atoms with Gasteiger partial charge in [0.2, 0.25) is 0 Å². The summed E-state index contributed by atoms with van der Waals surface area (Å²) in [5, 5.41) is 8.92. The zero-order valence-electron chi connectivity index (χ0n) is 11.6. The highest BCUT2D eigenvalue weighted by Crippen LogP contribution is 2.24. The average Bonchev–Trinajstić information content (AvgIpc) is 2.46. The van der Waals surface area contributed by atoms with Gasteiger partial charge >= 0.3 is 5.97 Å². The number of nitrogens with zero attached hydrogens (tertiary/aromatic N) is 1. The zero-order chi connectivity index (χ0) is 14.4. The maximum absolute atomic E-state index is 10.8. The van der Waals surface area contributed by atoms with Gasteiger partial charge in [-0.3, -0.25) is 9.78 Å². The number of aliphatic carboxylic acids is 1. The van der Waals surface area contributed by atoms with Crippen molar-refractivity contribution in [1.82, 2.24) is 4.98 Å². The van der Waals surface area contributed by atoms with Crippen molar-refractivity contribution in [2.75, 3.05) is 0 Å². The summed E-state index contributed by atoms with van der Waals surface area (Å²) in [6.45, 7) is 2.02. The molecule has 0 radical (unpaired) electrons.